The van der Waals surface area contributed by atoms with Gasteiger partial charge in [-0.2, -0.15) is 0 Å². The summed E-state index contributed by atoms with van der Waals surface area (Å²) in [6.45, 7) is 6.03. The molecule has 1 fully saturated rings. The zero-order valence-electron chi connectivity index (χ0n) is 19.2. The zero-order chi connectivity index (χ0) is 22.8. The van der Waals surface area contributed by atoms with Crippen molar-refractivity contribution < 1.29 is 13.9 Å². The summed E-state index contributed by atoms with van der Waals surface area (Å²) in [4.78, 5) is 11.0. The molecule has 2 N–H and O–H groups in total. The van der Waals surface area contributed by atoms with Crippen LogP contribution < -0.4 is 20.1 Å². The molecule has 0 unspecified atom stereocenters. The van der Waals surface area contributed by atoms with E-state index in [-0.39, 0.29) is 11.6 Å². The largest absolute Gasteiger partial charge is 0.494 e. The van der Waals surface area contributed by atoms with Crippen LogP contribution in [0.15, 0.2) is 41.5 Å². The molecule has 3 rings (SSSR count). The lowest BCUT2D eigenvalue weighted by atomic mass is 10.0. The molecule has 7 nitrogen and oxygen atoms in total. The van der Waals surface area contributed by atoms with E-state index in [0.717, 1.165) is 56.0 Å². The number of rotatable bonds is 9. The third-order valence-electron chi connectivity index (χ3n) is 5.49. The number of nitrogens with zero attached hydrogens (tertiary/aromatic N) is 3. The molecule has 0 spiro atoms. The maximum Gasteiger partial charge on any atom is 0.213 e. The minimum Gasteiger partial charge on any atom is -0.494 e. The number of nitrogens with one attached hydrogen (secondary N) is 2. The van der Waals surface area contributed by atoms with Gasteiger partial charge in [-0.3, -0.25) is 9.89 Å². The van der Waals surface area contributed by atoms with E-state index in [1.54, 1.807) is 19.2 Å². The number of piperidine rings is 1. The molecule has 1 aliphatic heterocycles. The van der Waals surface area contributed by atoms with Gasteiger partial charge in [0.25, 0.3) is 0 Å². The molecule has 0 atom stereocenters. The number of aromatic nitrogens is 1. The Bertz CT molecular complexity index is 867. The van der Waals surface area contributed by atoms with Gasteiger partial charge in [0.05, 0.1) is 13.7 Å². The van der Waals surface area contributed by atoms with Crippen LogP contribution in [0.2, 0.25) is 0 Å². The molecule has 32 heavy (non-hydrogen) atoms. The van der Waals surface area contributed by atoms with Gasteiger partial charge in [-0.05, 0) is 42.5 Å². The molecule has 0 saturated carbocycles. The summed E-state index contributed by atoms with van der Waals surface area (Å²) in [5.74, 6) is 1.41. The van der Waals surface area contributed by atoms with Crippen LogP contribution in [0.1, 0.15) is 37.3 Å². The molecule has 1 saturated heterocycles. The molecule has 0 radical (unpaired) electrons. The maximum atomic E-state index is 13.9. The Morgan fingerprint density at radius 3 is 2.62 bits per heavy atom. The fourth-order valence-corrected chi connectivity index (χ4v) is 3.68. The number of halogens is 1. The number of hydrogen-bond donors (Lipinski definition) is 2. The van der Waals surface area contributed by atoms with Gasteiger partial charge >= 0.3 is 0 Å². The highest BCUT2D eigenvalue weighted by Gasteiger charge is 2.20. The summed E-state index contributed by atoms with van der Waals surface area (Å²) in [7, 11) is 3.26. The van der Waals surface area contributed by atoms with Gasteiger partial charge in [0.1, 0.15) is 0 Å². The molecule has 0 amide bonds. The van der Waals surface area contributed by atoms with Crippen LogP contribution in [-0.4, -0.2) is 55.7 Å². The summed E-state index contributed by atoms with van der Waals surface area (Å²) in [5, 5.41) is 6.87. The van der Waals surface area contributed by atoms with Gasteiger partial charge in [0.15, 0.2) is 17.5 Å². The first-order valence-corrected chi connectivity index (χ1v) is 11.2. The van der Waals surface area contributed by atoms with E-state index in [1.165, 1.54) is 7.11 Å². The van der Waals surface area contributed by atoms with Gasteiger partial charge in [-0.15, -0.1) is 0 Å². The lowest BCUT2D eigenvalue weighted by Crippen LogP contribution is -2.48. The second-order valence-electron chi connectivity index (χ2n) is 7.94. The monoisotopic (exact) mass is 443 g/mol. The van der Waals surface area contributed by atoms with E-state index in [1.807, 2.05) is 24.4 Å². The van der Waals surface area contributed by atoms with Crippen molar-refractivity contribution >= 4 is 5.96 Å². The predicted octanol–water partition coefficient (Wildman–Crippen LogP) is 3.35. The van der Waals surface area contributed by atoms with Crippen molar-refractivity contribution in [2.24, 2.45) is 4.99 Å². The molecule has 0 aliphatic carbocycles. The number of aliphatic imine (C=N–C) groups is 1. The highest BCUT2D eigenvalue weighted by molar-refractivity contribution is 5.79. The molecular weight excluding hydrogens is 409 g/mol. The number of guanidine groups is 1. The lowest BCUT2D eigenvalue weighted by molar-refractivity contribution is 0.198. The van der Waals surface area contributed by atoms with Crippen LogP contribution in [0.25, 0.3) is 0 Å². The van der Waals surface area contributed by atoms with E-state index >= 15 is 0 Å². The van der Waals surface area contributed by atoms with Crippen molar-refractivity contribution in [3.63, 3.8) is 0 Å². The molecular formula is C24H34FN5O2. The third kappa shape index (κ3) is 7.09. The van der Waals surface area contributed by atoms with Crippen molar-refractivity contribution in [3.05, 3.63) is 53.5 Å². The second-order valence-corrected chi connectivity index (χ2v) is 7.94. The summed E-state index contributed by atoms with van der Waals surface area (Å²) in [6.07, 6.45) is 4.80. The normalized spacial score (nSPS) is 15.4. The van der Waals surface area contributed by atoms with Crippen molar-refractivity contribution in [1.29, 1.82) is 0 Å². The van der Waals surface area contributed by atoms with Gasteiger partial charge in [0, 0.05) is 51.5 Å². The second kappa shape index (κ2) is 12.2. The minimum absolute atomic E-state index is 0.284. The molecule has 1 aromatic heterocycles. The summed E-state index contributed by atoms with van der Waals surface area (Å²) >= 11 is 0. The summed E-state index contributed by atoms with van der Waals surface area (Å²) in [6, 6.07) is 9.44. The van der Waals surface area contributed by atoms with Crippen LogP contribution in [-0.2, 0) is 13.1 Å². The minimum atomic E-state index is -0.310. The number of hydrogen-bond acceptors (Lipinski definition) is 5. The van der Waals surface area contributed by atoms with E-state index in [0.29, 0.717) is 25.1 Å². The Kier molecular flexibility index (Phi) is 9.10. The Morgan fingerprint density at radius 1 is 1.22 bits per heavy atom. The molecule has 0 bridgehead atoms. The first-order chi connectivity index (χ1) is 15.6. The smallest absolute Gasteiger partial charge is 0.213 e. The predicted molar refractivity (Wildman–Crippen MR) is 125 cm³/mol. The molecule has 1 aromatic carbocycles. The Morgan fingerprint density at radius 2 is 2.00 bits per heavy atom. The van der Waals surface area contributed by atoms with Crippen molar-refractivity contribution in [2.75, 3.05) is 33.9 Å². The summed E-state index contributed by atoms with van der Waals surface area (Å²) in [5.41, 5.74) is 2.03. The Labute approximate surface area is 190 Å². The fourth-order valence-electron chi connectivity index (χ4n) is 3.68. The van der Waals surface area contributed by atoms with Crippen LogP contribution >= 0.6 is 0 Å². The van der Waals surface area contributed by atoms with Crippen LogP contribution in [0, 0.1) is 5.82 Å². The van der Waals surface area contributed by atoms with Gasteiger partial charge in [0.2, 0.25) is 5.88 Å². The standard InChI is InChI=1S/C24H34FN5O2/c1-4-13-32-23-8-6-19(15-27-23)16-28-24(26-2)29-20-9-11-30(12-10-20)17-18-5-7-22(31-3)21(25)14-18/h5-8,14-15,20H,4,9-13,16-17H2,1-3H3,(H2,26,28,29). The SMILES string of the molecule is CCCOc1ccc(CNC(=NC)NC2CCN(Cc3ccc(OC)c(F)c3)CC2)cn1. The first-order valence-electron chi connectivity index (χ1n) is 11.2. The van der Waals surface area contributed by atoms with E-state index in [2.05, 4.69) is 32.4 Å². The number of likely N-dealkylation sites (tertiary alicyclic amines) is 1. The molecule has 2 heterocycles. The molecule has 2 aromatic rings. The van der Waals surface area contributed by atoms with Crippen molar-refractivity contribution in [2.45, 2.75) is 45.3 Å². The number of pyridine rings is 1. The van der Waals surface area contributed by atoms with E-state index in [4.69, 9.17) is 9.47 Å². The Balaban J connectivity index is 1.41. The highest BCUT2D eigenvalue weighted by Crippen LogP contribution is 2.20. The molecule has 1 aliphatic rings. The third-order valence-corrected chi connectivity index (χ3v) is 5.49. The topological polar surface area (TPSA) is 71.0 Å². The number of ether oxygens (including phenoxy) is 2. The van der Waals surface area contributed by atoms with E-state index < -0.39 is 0 Å². The van der Waals surface area contributed by atoms with Gasteiger partial charge in [-0.1, -0.05) is 19.1 Å². The highest BCUT2D eigenvalue weighted by atomic mass is 19.1. The maximum absolute atomic E-state index is 13.9. The lowest BCUT2D eigenvalue weighted by Gasteiger charge is -2.33. The van der Waals surface area contributed by atoms with Gasteiger partial charge < -0.3 is 20.1 Å². The molecule has 8 heteroatoms. The van der Waals surface area contributed by atoms with Crippen molar-refractivity contribution in [3.8, 4) is 11.6 Å². The van der Waals surface area contributed by atoms with E-state index in [9.17, 15) is 4.39 Å². The summed E-state index contributed by atoms with van der Waals surface area (Å²) < 4.78 is 24.4. The number of benzene rings is 1. The zero-order valence-corrected chi connectivity index (χ0v) is 19.2. The average Bonchev–Trinajstić information content (AvgIpc) is 2.82. The van der Waals surface area contributed by atoms with Crippen LogP contribution in [0.4, 0.5) is 4.39 Å². The van der Waals surface area contributed by atoms with Crippen LogP contribution in [0.3, 0.4) is 0 Å². The van der Waals surface area contributed by atoms with Crippen molar-refractivity contribution in [1.82, 2.24) is 20.5 Å². The van der Waals surface area contributed by atoms with Gasteiger partial charge in [-0.25, -0.2) is 9.37 Å². The number of methoxy groups -OCH3 is 1. The fraction of sp³-hybridized carbons (Fsp3) is 0.500. The molecule has 174 valence electrons. The Hall–Kier alpha value is -2.87. The van der Waals surface area contributed by atoms with Crippen LogP contribution in [0.5, 0.6) is 11.6 Å². The quantitative estimate of drug-likeness (QED) is 0.458. The average molecular weight is 444 g/mol. The first kappa shape index (κ1) is 23.8.